The van der Waals surface area contributed by atoms with E-state index in [4.69, 9.17) is 11.6 Å². The standard InChI is InChI=1S/C11H15BrClNS/c1-9-10(8-13)14-6-4-11(9)15-7-3-2-5-12/h4,6H,2-3,5,7-8H2,1H3. The van der Waals surface area contributed by atoms with Crippen molar-refractivity contribution in [1.29, 1.82) is 0 Å². The van der Waals surface area contributed by atoms with E-state index in [-0.39, 0.29) is 0 Å². The first-order valence-corrected chi connectivity index (χ1v) is 7.63. The average molecular weight is 309 g/mol. The van der Waals surface area contributed by atoms with Crippen molar-refractivity contribution in [3.8, 4) is 0 Å². The lowest BCUT2D eigenvalue weighted by Gasteiger charge is -2.07. The van der Waals surface area contributed by atoms with Gasteiger partial charge in [-0.1, -0.05) is 15.9 Å². The quantitative estimate of drug-likeness (QED) is 0.439. The Labute approximate surface area is 109 Å². The van der Waals surface area contributed by atoms with Crippen LogP contribution in [-0.4, -0.2) is 16.1 Å². The lowest BCUT2D eigenvalue weighted by atomic mass is 10.2. The lowest BCUT2D eigenvalue weighted by Crippen LogP contribution is -1.93. The molecule has 15 heavy (non-hydrogen) atoms. The van der Waals surface area contributed by atoms with Crippen LogP contribution in [0.1, 0.15) is 24.1 Å². The minimum absolute atomic E-state index is 0.502. The summed E-state index contributed by atoms with van der Waals surface area (Å²) in [6.07, 6.45) is 4.32. The molecular formula is C11H15BrClNS. The average Bonchev–Trinajstić information content (AvgIpc) is 2.26. The molecule has 0 saturated carbocycles. The Morgan fingerprint density at radius 2 is 2.27 bits per heavy atom. The van der Waals surface area contributed by atoms with Crippen LogP contribution < -0.4 is 0 Å². The molecule has 1 nitrogen and oxygen atoms in total. The van der Waals surface area contributed by atoms with E-state index in [2.05, 4.69) is 33.9 Å². The van der Waals surface area contributed by atoms with Gasteiger partial charge in [0.15, 0.2) is 0 Å². The van der Waals surface area contributed by atoms with Crippen LogP contribution in [0.5, 0.6) is 0 Å². The SMILES string of the molecule is Cc1c(SCCCCBr)ccnc1CCl. The van der Waals surface area contributed by atoms with Gasteiger partial charge < -0.3 is 0 Å². The molecule has 1 aromatic heterocycles. The number of hydrogen-bond donors (Lipinski definition) is 0. The predicted molar refractivity (Wildman–Crippen MR) is 72.3 cm³/mol. The highest BCUT2D eigenvalue weighted by molar-refractivity contribution is 9.09. The van der Waals surface area contributed by atoms with E-state index >= 15 is 0 Å². The molecule has 0 saturated heterocycles. The van der Waals surface area contributed by atoms with Crippen molar-refractivity contribution in [3.63, 3.8) is 0 Å². The molecule has 1 rings (SSSR count). The molecule has 0 atom stereocenters. The monoisotopic (exact) mass is 307 g/mol. The summed E-state index contributed by atoms with van der Waals surface area (Å²) in [4.78, 5) is 5.56. The fraction of sp³-hybridized carbons (Fsp3) is 0.545. The van der Waals surface area contributed by atoms with Crippen molar-refractivity contribution in [2.45, 2.75) is 30.5 Å². The van der Waals surface area contributed by atoms with E-state index in [0.29, 0.717) is 5.88 Å². The molecule has 0 aliphatic rings. The summed E-state index contributed by atoms with van der Waals surface area (Å²) in [7, 11) is 0. The van der Waals surface area contributed by atoms with Crippen LogP contribution in [0.15, 0.2) is 17.2 Å². The Hall–Kier alpha value is 0.270. The van der Waals surface area contributed by atoms with Gasteiger partial charge in [-0.3, -0.25) is 4.98 Å². The minimum atomic E-state index is 0.502. The zero-order valence-electron chi connectivity index (χ0n) is 8.80. The van der Waals surface area contributed by atoms with Gasteiger partial charge in [-0.05, 0) is 37.1 Å². The smallest absolute Gasteiger partial charge is 0.0650 e. The fourth-order valence-electron chi connectivity index (χ4n) is 1.23. The first kappa shape index (κ1) is 13.3. The van der Waals surface area contributed by atoms with Crippen molar-refractivity contribution in [2.75, 3.05) is 11.1 Å². The number of alkyl halides is 2. The Kier molecular flexibility index (Phi) is 6.69. The summed E-state index contributed by atoms with van der Waals surface area (Å²) < 4.78 is 0. The maximum Gasteiger partial charge on any atom is 0.0650 e. The van der Waals surface area contributed by atoms with Gasteiger partial charge in [0.05, 0.1) is 11.6 Å². The van der Waals surface area contributed by atoms with Crippen LogP contribution >= 0.6 is 39.3 Å². The third kappa shape index (κ3) is 4.33. The van der Waals surface area contributed by atoms with E-state index in [1.165, 1.54) is 23.3 Å². The summed E-state index contributed by atoms with van der Waals surface area (Å²) in [6, 6.07) is 2.07. The molecule has 1 heterocycles. The summed E-state index contributed by atoms with van der Waals surface area (Å²) in [5, 5.41) is 1.09. The minimum Gasteiger partial charge on any atom is -0.260 e. The lowest BCUT2D eigenvalue weighted by molar-refractivity contribution is 0.912. The highest BCUT2D eigenvalue weighted by Crippen LogP contribution is 2.25. The highest BCUT2D eigenvalue weighted by atomic mass is 79.9. The Morgan fingerprint density at radius 1 is 1.47 bits per heavy atom. The summed E-state index contributed by atoms with van der Waals surface area (Å²) in [5.74, 6) is 1.67. The second-order valence-corrected chi connectivity index (χ2v) is 5.46. The van der Waals surface area contributed by atoms with E-state index in [9.17, 15) is 0 Å². The first-order chi connectivity index (χ1) is 7.29. The Bertz CT molecular complexity index is 307. The molecule has 4 heteroatoms. The van der Waals surface area contributed by atoms with Crippen LogP contribution in [-0.2, 0) is 5.88 Å². The van der Waals surface area contributed by atoms with Crippen molar-refractivity contribution in [3.05, 3.63) is 23.5 Å². The molecule has 0 unspecified atom stereocenters. The predicted octanol–water partition coefficient (Wildman–Crippen LogP) is 4.40. The zero-order chi connectivity index (χ0) is 11.1. The third-order valence-electron chi connectivity index (χ3n) is 2.17. The van der Waals surface area contributed by atoms with E-state index in [1.807, 2.05) is 18.0 Å². The zero-order valence-corrected chi connectivity index (χ0v) is 12.0. The van der Waals surface area contributed by atoms with E-state index in [1.54, 1.807) is 0 Å². The normalized spacial score (nSPS) is 10.6. The number of pyridine rings is 1. The van der Waals surface area contributed by atoms with Gasteiger partial charge in [0.1, 0.15) is 0 Å². The second kappa shape index (κ2) is 7.53. The first-order valence-electron chi connectivity index (χ1n) is 4.98. The molecule has 0 aliphatic heterocycles. The number of aromatic nitrogens is 1. The molecule has 0 radical (unpaired) electrons. The summed E-state index contributed by atoms with van der Waals surface area (Å²) in [6.45, 7) is 2.09. The topological polar surface area (TPSA) is 12.9 Å². The number of hydrogen-bond acceptors (Lipinski definition) is 2. The van der Waals surface area contributed by atoms with Gasteiger partial charge in [0.25, 0.3) is 0 Å². The molecule has 0 N–H and O–H groups in total. The van der Waals surface area contributed by atoms with Crippen LogP contribution in [0.2, 0.25) is 0 Å². The largest absolute Gasteiger partial charge is 0.260 e. The highest BCUT2D eigenvalue weighted by Gasteiger charge is 2.04. The number of rotatable bonds is 6. The Balaban J connectivity index is 2.53. The van der Waals surface area contributed by atoms with Crippen LogP contribution in [0.3, 0.4) is 0 Å². The van der Waals surface area contributed by atoms with Crippen molar-refractivity contribution < 1.29 is 0 Å². The van der Waals surface area contributed by atoms with E-state index < -0.39 is 0 Å². The maximum atomic E-state index is 5.81. The molecule has 0 spiro atoms. The van der Waals surface area contributed by atoms with Crippen LogP contribution in [0.4, 0.5) is 0 Å². The van der Waals surface area contributed by atoms with E-state index in [0.717, 1.165) is 16.8 Å². The van der Waals surface area contributed by atoms with Gasteiger partial charge in [-0.15, -0.1) is 23.4 Å². The number of thioether (sulfide) groups is 1. The molecule has 0 aliphatic carbocycles. The second-order valence-electron chi connectivity index (χ2n) is 3.26. The van der Waals surface area contributed by atoms with Crippen molar-refractivity contribution >= 4 is 39.3 Å². The van der Waals surface area contributed by atoms with Crippen molar-refractivity contribution in [1.82, 2.24) is 4.98 Å². The molecule has 0 amide bonds. The summed E-state index contributed by atoms with van der Waals surface area (Å²) >= 11 is 11.1. The molecule has 1 aromatic rings. The molecule has 0 bridgehead atoms. The fourth-order valence-corrected chi connectivity index (χ4v) is 2.95. The van der Waals surface area contributed by atoms with Gasteiger partial charge in [-0.25, -0.2) is 0 Å². The molecule has 0 fully saturated rings. The van der Waals surface area contributed by atoms with Gasteiger partial charge in [-0.2, -0.15) is 0 Å². The van der Waals surface area contributed by atoms with Gasteiger partial charge in [0, 0.05) is 16.4 Å². The number of halogens is 2. The van der Waals surface area contributed by atoms with Gasteiger partial charge in [0.2, 0.25) is 0 Å². The molecular weight excluding hydrogens is 294 g/mol. The Morgan fingerprint density at radius 3 is 2.93 bits per heavy atom. The van der Waals surface area contributed by atoms with Gasteiger partial charge >= 0.3 is 0 Å². The molecule has 84 valence electrons. The number of nitrogens with zero attached hydrogens (tertiary/aromatic N) is 1. The summed E-state index contributed by atoms with van der Waals surface area (Å²) in [5.41, 5.74) is 2.23. The van der Waals surface area contributed by atoms with Crippen molar-refractivity contribution in [2.24, 2.45) is 0 Å². The van der Waals surface area contributed by atoms with Crippen LogP contribution in [0.25, 0.3) is 0 Å². The van der Waals surface area contributed by atoms with Crippen LogP contribution in [0, 0.1) is 6.92 Å². The molecule has 0 aromatic carbocycles. The maximum absolute atomic E-state index is 5.81. The number of unbranched alkanes of at least 4 members (excludes halogenated alkanes) is 1. The third-order valence-corrected chi connectivity index (χ3v) is 4.23.